The summed E-state index contributed by atoms with van der Waals surface area (Å²) >= 11 is 0. The highest BCUT2D eigenvalue weighted by molar-refractivity contribution is 5.75. The van der Waals surface area contributed by atoms with Crippen LogP contribution in [0.1, 0.15) is 28.4 Å². The van der Waals surface area contributed by atoms with Crippen molar-refractivity contribution in [3.8, 4) is 0 Å². The number of aldehydes is 1. The maximum absolute atomic E-state index is 10.8. The third-order valence-corrected chi connectivity index (χ3v) is 2.93. The average molecular weight is 219 g/mol. The summed E-state index contributed by atoms with van der Waals surface area (Å²) in [5, 5.41) is 12.0. The van der Waals surface area contributed by atoms with Crippen molar-refractivity contribution in [1.82, 2.24) is 5.32 Å². The Kier molecular flexibility index (Phi) is 3.01. The second kappa shape index (κ2) is 4.45. The molecule has 0 aliphatic carbocycles. The van der Waals surface area contributed by atoms with Crippen molar-refractivity contribution in [3.63, 3.8) is 0 Å². The third kappa shape index (κ3) is 2.12. The molecule has 1 aromatic carbocycles. The van der Waals surface area contributed by atoms with E-state index < -0.39 is 5.97 Å². The van der Waals surface area contributed by atoms with Crippen molar-refractivity contribution >= 4 is 12.3 Å². The summed E-state index contributed by atoms with van der Waals surface area (Å²) in [4.78, 5) is 21.4. The van der Waals surface area contributed by atoms with E-state index >= 15 is 0 Å². The molecule has 0 bridgehead atoms. The van der Waals surface area contributed by atoms with E-state index in [-0.39, 0.29) is 12.0 Å². The van der Waals surface area contributed by atoms with Crippen molar-refractivity contribution in [3.05, 3.63) is 35.4 Å². The van der Waals surface area contributed by atoms with Crippen LogP contribution < -0.4 is 5.32 Å². The standard InChI is InChI=1S/C12H13NO3/c14-7-8-2-1-3-9(4-8)11-5-10(6-13-11)12(15)16/h1-4,7,10-11,13H,5-6H2,(H,15,16). The van der Waals surface area contributed by atoms with Crippen LogP contribution >= 0.6 is 0 Å². The van der Waals surface area contributed by atoms with Crippen LogP contribution in [-0.2, 0) is 4.79 Å². The van der Waals surface area contributed by atoms with Crippen LogP contribution in [0.5, 0.6) is 0 Å². The number of carbonyl (C=O) groups excluding carboxylic acids is 1. The fourth-order valence-corrected chi connectivity index (χ4v) is 2.03. The lowest BCUT2D eigenvalue weighted by Gasteiger charge is -2.10. The second-order valence-corrected chi connectivity index (χ2v) is 4.02. The van der Waals surface area contributed by atoms with Gasteiger partial charge >= 0.3 is 5.97 Å². The third-order valence-electron chi connectivity index (χ3n) is 2.93. The molecule has 4 nitrogen and oxygen atoms in total. The number of hydrogen-bond donors (Lipinski definition) is 2. The van der Waals surface area contributed by atoms with Crippen LogP contribution in [0, 0.1) is 5.92 Å². The van der Waals surface area contributed by atoms with Crippen LogP contribution in [0.15, 0.2) is 24.3 Å². The smallest absolute Gasteiger partial charge is 0.307 e. The van der Waals surface area contributed by atoms with Gasteiger partial charge in [-0.2, -0.15) is 0 Å². The number of rotatable bonds is 3. The number of benzene rings is 1. The molecular weight excluding hydrogens is 206 g/mol. The van der Waals surface area contributed by atoms with E-state index in [1.165, 1.54) is 0 Å². The molecular formula is C12H13NO3. The SMILES string of the molecule is O=Cc1cccc(C2CC(C(=O)O)CN2)c1. The largest absolute Gasteiger partial charge is 0.481 e. The Morgan fingerprint density at radius 1 is 1.50 bits per heavy atom. The van der Waals surface area contributed by atoms with Gasteiger partial charge in [0.2, 0.25) is 0 Å². The van der Waals surface area contributed by atoms with E-state index in [9.17, 15) is 9.59 Å². The zero-order chi connectivity index (χ0) is 11.5. The molecule has 0 spiro atoms. The molecule has 0 aromatic heterocycles. The molecule has 1 saturated heterocycles. The van der Waals surface area contributed by atoms with Gasteiger partial charge in [-0.05, 0) is 18.1 Å². The first-order valence-electron chi connectivity index (χ1n) is 5.22. The Hall–Kier alpha value is -1.68. The van der Waals surface area contributed by atoms with Crippen molar-refractivity contribution < 1.29 is 14.7 Å². The zero-order valence-corrected chi connectivity index (χ0v) is 8.72. The van der Waals surface area contributed by atoms with Crippen molar-refractivity contribution in [2.75, 3.05) is 6.54 Å². The number of carboxylic acid groups (broad SMARTS) is 1. The molecule has 16 heavy (non-hydrogen) atoms. The summed E-state index contributed by atoms with van der Waals surface area (Å²) in [5.41, 5.74) is 1.60. The van der Waals surface area contributed by atoms with E-state index in [0.717, 1.165) is 11.8 Å². The number of nitrogens with one attached hydrogen (secondary N) is 1. The Bertz CT molecular complexity index is 416. The van der Waals surface area contributed by atoms with Gasteiger partial charge in [0.1, 0.15) is 6.29 Å². The van der Waals surface area contributed by atoms with Crippen molar-refractivity contribution in [2.45, 2.75) is 12.5 Å². The second-order valence-electron chi connectivity index (χ2n) is 4.02. The van der Waals surface area contributed by atoms with E-state index in [4.69, 9.17) is 5.11 Å². The fourth-order valence-electron chi connectivity index (χ4n) is 2.03. The summed E-state index contributed by atoms with van der Waals surface area (Å²) < 4.78 is 0. The van der Waals surface area contributed by atoms with E-state index in [1.807, 2.05) is 12.1 Å². The summed E-state index contributed by atoms with van der Waals surface area (Å²) in [6.07, 6.45) is 1.38. The Morgan fingerprint density at radius 2 is 2.31 bits per heavy atom. The summed E-state index contributed by atoms with van der Waals surface area (Å²) in [6, 6.07) is 7.31. The first-order valence-corrected chi connectivity index (χ1v) is 5.22. The molecule has 84 valence electrons. The highest BCUT2D eigenvalue weighted by Crippen LogP contribution is 2.27. The number of aliphatic carboxylic acids is 1. The highest BCUT2D eigenvalue weighted by atomic mass is 16.4. The first-order chi connectivity index (χ1) is 7.70. The van der Waals surface area contributed by atoms with Crippen LogP contribution in [0.2, 0.25) is 0 Å². The zero-order valence-electron chi connectivity index (χ0n) is 8.72. The maximum atomic E-state index is 10.8. The summed E-state index contributed by atoms with van der Waals surface area (Å²) in [5.74, 6) is -1.09. The van der Waals surface area contributed by atoms with Gasteiger partial charge in [-0.25, -0.2) is 0 Å². The molecule has 0 saturated carbocycles. The van der Waals surface area contributed by atoms with E-state index in [1.54, 1.807) is 12.1 Å². The molecule has 1 aliphatic rings. The predicted molar refractivity (Wildman–Crippen MR) is 58.3 cm³/mol. The Morgan fingerprint density at radius 3 is 2.94 bits per heavy atom. The Balaban J connectivity index is 2.13. The summed E-state index contributed by atoms with van der Waals surface area (Å²) in [6.45, 7) is 0.491. The monoisotopic (exact) mass is 219 g/mol. The normalized spacial score (nSPS) is 24.2. The first kappa shape index (κ1) is 10.8. The van der Waals surface area contributed by atoms with Gasteiger partial charge in [-0.1, -0.05) is 18.2 Å². The van der Waals surface area contributed by atoms with Gasteiger partial charge < -0.3 is 10.4 Å². The lowest BCUT2D eigenvalue weighted by Crippen LogP contribution is -2.17. The lowest BCUT2D eigenvalue weighted by atomic mass is 9.99. The van der Waals surface area contributed by atoms with E-state index in [0.29, 0.717) is 18.5 Å². The fraction of sp³-hybridized carbons (Fsp3) is 0.333. The van der Waals surface area contributed by atoms with Crippen LogP contribution in [0.3, 0.4) is 0 Å². The number of carboxylic acids is 1. The molecule has 0 amide bonds. The molecule has 2 unspecified atom stereocenters. The molecule has 1 heterocycles. The molecule has 4 heteroatoms. The van der Waals surface area contributed by atoms with E-state index in [2.05, 4.69) is 5.32 Å². The van der Waals surface area contributed by atoms with Gasteiger partial charge in [0.05, 0.1) is 5.92 Å². The quantitative estimate of drug-likeness (QED) is 0.750. The van der Waals surface area contributed by atoms with Crippen LogP contribution in [-0.4, -0.2) is 23.9 Å². The lowest BCUT2D eigenvalue weighted by molar-refractivity contribution is -0.141. The molecule has 2 atom stereocenters. The predicted octanol–water partition coefficient (Wildman–Crippen LogP) is 1.23. The van der Waals surface area contributed by atoms with Crippen LogP contribution in [0.4, 0.5) is 0 Å². The molecule has 1 aromatic rings. The van der Waals surface area contributed by atoms with Gasteiger partial charge in [-0.3, -0.25) is 9.59 Å². The molecule has 2 rings (SSSR count). The highest BCUT2D eigenvalue weighted by Gasteiger charge is 2.29. The number of hydrogen-bond acceptors (Lipinski definition) is 3. The Labute approximate surface area is 93.3 Å². The average Bonchev–Trinajstić information content (AvgIpc) is 2.78. The van der Waals surface area contributed by atoms with Gasteiger partial charge in [0, 0.05) is 18.2 Å². The molecule has 1 fully saturated rings. The van der Waals surface area contributed by atoms with Gasteiger partial charge in [-0.15, -0.1) is 0 Å². The number of carbonyl (C=O) groups is 2. The van der Waals surface area contributed by atoms with Crippen LogP contribution in [0.25, 0.3) is 0 Å². The minimum absolute atomic E-state index is 0.0426. The minimum atomic E-state index is -0.762. The minimum Gasteiger partial charge on any atom is -0.481 e. The molecule has 1 aliphatic heterocycles. The van der Waals surface area contributed by atoms with Gasteiger partial charge in [0.15, 0.2) is 0 Å². The van der Waals surface area contributed by atoms with Gasteiger partial charge in [0.25, 0.3) is 0 Å². The maximum Gasteiger partial charge on any atom is 0.307 e. The van der Waals surface area contributed by atoms with Crippen molar-refractivity contribution in [2.24, 2.45) is 5.92 Å². The molecule has 2 N–H and O–H groups in total. The summed E-state index contributed by atoms with van der Waals surface area (Å²) in [7, 11) is 0. The molecule has 0 radical (unpaired) electrons. The topological polar surface area (TPSA) is 66.4 Å². The van der Waals surface area contributed by atoms with Crippen molar-refractivity contribution in [1.29, 1.82) is 0 Å².